The summed E-state index contributed by atoms with van der Waals surface area (Å²) < 4.78 is 0. The zero-order valence-electron chi connectivity index (χ0n) is 15.5. The highest BCUT2D eigenvalue weighted by atomic mass is 16.3. The molecule has 1 unspecified atom stereocenters. The van der Waals surface area contributed by atoms with Crippen LogP contribution in [0.1, 0.15) is 80.1 Å². The Morgan fingerprint density at radius 2 is 1.36 bits per heavy atom. The third kappa shape index (κ3) is 11.7. The van der Waals surface area contributed by atoms with Gasteiger partial charge < -0.3 is 5.11 Å². The van der Waals surface area contributed by atoms with E-state index < -0.39 is 6.10 Å². The van der Waals surface area contributed by atoms with Crippen molar-refractivity contribution in [3.05, 3.63) is 23.3 Å². The average molecular weight is 309 g/mol. The van der Waals surface area contributed by atoms with Crippen LogP contribution in [0.3, 0.4) is 0 Å². The molecule has 0 aromatic rings. The molecule has 1 N–H and O–H groups in total. The Hall–Kier alpha value is -0.890. The molecule has 0 saturated heterocycles. The number of Topliss-reactive ketones (excluding diaryl/α,β-unsaturated/α-hetero) is 1. The topological polar surface area (TPSA) is 37.3 Å². The zero-order chi connectivity index (χ0) is 17.1. The molecule has 0 aliphatic heterocycles. The van der Waals surface area contributed by atoms with Crippen LogP contribution >= 0.6 is 0 Å². The summed E-state index contributed by atoms with van der Waals surface area (Å²) in [5.74, 6) is 0.744. The van der Waals surface area contributed by atoms with Crippen LogP contribution in [0.5, 0.6) is 0 Å². The Labute approximate surface area is 137 Å². The minimum absolute atomic E-state index is 0.0127. The molecule has 0 amide bonds. The maximum Gasteiger partial charge on any atom is 0.161 e. The maximum absolute atomic E-state index is 12.1. The van der Waals surface area contributed by atoms with Gasteiger partial charge in [0.1, 0.15) is 6.10 Å². The highest BCUT2D eigenvalue weighted by molar-refractivity contribution is 5.82. The second kappa shape index (κ2) is 11.6. The Morgan fingerprint density at radius 1 is 0.909 bits per heavy atom. The lowest BCUT2D eigenvalue weighted by atomic mass is 9.91. The first-order valence-electron chi connectivity index (χ1n) is 8.69. The lowest BCUT2D eigenvalue weighted by molar-refractivity contribution is -0.128. The van der Waals surface area contributed by atoms with Gasteiger partial charge in [-0.1, -0.05) is 37.1 Å². The number of ketones is 1. The number of hydrogen-bond acceptors (Lipinski definition) is 2. The third-order valence-electron chi connectivity index (χ3n) is 3.97. The predicted molar refractivity (Wildman–Crippen MR) is 95.9 cm³/mol. The summed E-state index contributed by atoms with van der Waals surface area (Å²) in [6.07, 6.45) is 8.83. The van der Waals surface area contributed by atoms with Gasteiger partial charge in [-0.3, -0.25) is 4.79 Å². The molecular formula is C20H36O2. The second-order valence-electron chi connectivity index (χ2n) is 7.35. The van der Waals surface area contributed by atoms with Crippen molar-refractivity contribution in [3.8, 4) is 0 Å². The molecule has 0 fully saturated rings. The van der Waals surface area contributed by atoms with Crippen molar-refractivity contribution in [2.45, 2.75) is 86.2 Å². The van der Waals surface area contributed by atoms with Crippen LogP contribution in [-0.4, -0.2) is 17.0 Å². The van der Waals surface area contributed by atoms with E-state index in [4.69, 9.17) is 0 Å². The summed E-state index contributed by atoms with van der Waals surface area (Å²) in [4.78, 5) is 12.1. The first-order chi connectivity index (χ1) is 10.2. The fraction of sp³-hybridized carbons (Fsp3) is 0.750. The van der Waals surface area contributed by atoms with Crippen molar-refractivity contribution in [2.75, 3.05) is 0 Å². The van der Waals surface area contributed by atoms with Gasteiger partial charge in [0.2, 0.25) is 0 Å². The number of hydrogen-bond donors (Lipinski definition) is 1. The molecule has 2 heteroatoms. The number of carbonyl (C=O) groups excluding carboxylic acids is 1. The van der Waals surface area contributed by atoms with E-state index in [9.17, 15) is 9.90 Å². The van der Waals surface area contributed by atoms with Crippen LogP contribution in [0.15, 0.2) is 23.3 Å². The van der Waals surface area contributed by atoms with Crippen molar-refractivity contribution < 1.29 is 9.90 Å². The van der Waals surface area contributed by atoms with Gasteiger partial charge in [-0.2, -0.15) is 0 Å². The number of carbonyl (C=O) groups is 1. The first kappa shape index (κ1) is 21.1. The maximum atomic E-state index is 12.1. The smallest absolute Gasteiger partial charge is 0.161 e. The van der Waals surface area contributed by atoms with E-state index in [0.29, 0.717) is 24.7 Å². The molecule has 128 valence electrons. The van der Waals surface area contributed by atoms with Gasteiger partial charge >= 0.3 is 0 Å². The predicted octanol–water partition coefficient (Wildman–Crippen LogP) is 5.46. The average Bonchev–Trinajstić information content (AvgIpc) is 2.37. The number of rotatable bonds is 11. The fourth-order valence-corrected chi connectivity index (χ4v) is 2.53. The van der Waals surface area contributed by atoms with Gasteiger partial charge in [0.25, 0.3) is 0 Å². The summed E-state index contributed by atoms with van der Waals surface area (Å²) in [5, 5.41) is 10.1. The fourth-order valence-electron chi connectivity index (χ4n) is 2.53. The molecule has 0 aromatic carbocycles. The Morgan fingerprint density at radius 3 is 1.82 bits per heavy atom. The third-order valence-corrected chi connectivity index (χ3v) is 3.97. The SMILES string of the molecule is CC(C)=CCC[C@H](C)CC(=O)C(O)C[C@@H](C)CCC=C(C)C. The molecule has 0 radical (unpaired) electrons. The first-order valence-corrected chi connectivity index (χ1v) is 8.69. The molecule has 0 aliphatic rings. The van der Waals surface area contributed by atoms with E-state index in [-0.39, 0.29) is 5.78 Å². The molecule has 0 bridgehead atoms. The van der Waals surface area contributed by atoms with Crippen molar-refractivity contribution in [1.82, 2.24) is 0 Å². The monoisotopic (exact) mass is 308 g/mol. The van der Waals surface area contributed by atoms with Crippen molar-refractivity contribution in [2.24, 2.45) is 11.8 Å². The standard InChI is InChI=1S/C20H36O2/c1-15(2)9-7-11-17(5)13-19(21)20(22)14-18(6)12-8-10-16(3)4/h9-10,17-19,21H,7-8,11-14H2,1-6H3/t17-,18-,19?/m0/s1. The van der Waals surface area contributed by atoms with Gasteiger partial charge in [-0.15, -0.1) is 0 Å². The lowest BCUT2D eigenvalue weighted by Gasteiger charge is -2.17. The Bertz CT molecular complexity index is 371. The van der Waals surface area contributed by atoms with E-state index in [2.05, 4.69) is 53.7 Å². The molecule has 0 heterocycles. The second-order valence-corrected chi connectivity index (χ2v) is 7.35. The summed E-state index contributed by atoms with van der Waals surface area (Å²) in [6, 6.07) is 0. The molecule has 0 aromatic heterocycles. The van der Waals surface area contributed by atoms with Crippen LogP contribution in [0.2, 0.25) is 0 Å². The van der Waals surface area contributed by atoms with Gasteiger partial charge in [-0.25, -0.2) is 0 Å². The molecule has 0 rings (SSSR count). The summed E-state index contributed by atoms with van der Waals surface area (Å²) in [7, 11) is 0. The quantitative estimate of drug-likeness (QED) is 0.514. The van der Waals surface area contributed by atoms with Gasteiger partial charge in [-0.05, 0) is 71.6 Å². The van der Waals surface area contributed by atoms with E-state index in [1.807, 2.05) is 0 Å². The van der Waals surface area contributed by atoms with Crippen molar-refractivity contribution >= 4 is 5.78 Å². The molecule has 3 atom stereocenters. The van der Waals surface area contributed by atoms with E-state index >= 15 is 0 Å². The van der Waals surface area contributed by atoms with Crippen molar-refractivity contribution in [3.63, 3.8) is 0 Å². The van der Waals surface area contributed by atoms with Crippen LogP contribution < -0.4 is 0 Å². The Kier molecular flexibility index (Phi) is 11.2. The van der Waals surface area contributed by atoms with Gasteiger partial charge in [0, 0.05) is 6.42 Å². The van der Waals surface area contributed by atoms with Crippen LogP contribution in [0, 0.1) is 11.8 Å². The largest absolute Gasteiger partial charge is 0.385 e. The highest BCUT2D eigenvalue weighted by Gasteiger charge is 2.19. The van der Waals surface area contributed by atoms with Crippen molar-refractivity contribution in [1.29, 1.82) is 0 Å². The normalized spacial score (nSPS) is 14.9. The minimum Gasteiger partial charge on any atom is -0.385 e. The zero-order valence-corrected chi connectivity index (χ0v) is 15.5. The van der Waals surface area contributed by atoms with Gasteiger partial charge in [0.15, 0.2) is 5.78 Å². The van der Waals surface area contributed by atoms with E-state index in [0.717, 1.165) is 25.7 Å². The number of aliphatic hydroxyl groups is 1. The summed E-state index contributed by atoms with van der Waals surface area (Å²) in [5.41, 5.74) is 2.65. The van der Waals surface area contributed by atoms with Crippen LogP contribution in [0.25, 0.3) is 0 Å². The molecule has 0 aliphatic carbocycles. The Balaban J connectivity index is 4.04. The molecule has 0 spiro atoms. The van der Waals surface area contributed by atoms with Gasteiger partial charge in [0.05, 0.1) is 0 Å². The van der Waals surface area contributed by atoms with Crippen LogP contribution in [0.4, 0.5) is 0 Å². The summed E-state index contributed by atoms with van der Waals surface area (Å²) in [6.45, 7) is 12.6. The summed E-state index contributed by atoms with van der Waals surface area (Å²) >= 11 is 0. The highest BCUT2D eigenvalue weighted by Crippen LogP contribution is 2.18. The lowest BCUT2D eigenvalue weighted by Crippen LogP contribution is -2.24. The molecule has 0 saturated carbocycles. The number of allylic oxidation sites excluding steroid dienone is 4. The molecule has 2 nitrogen and oxygen atoms in total. The molecule has 22 heavy (non-hydrogen) atoms. The molecular weight excluding hydrogens is 272 g/mol. The number of aliphatic hydroxyl groups excluding tert-OH is 1. The van der Waals surface area contributed by atoms with Crippen LogP contribution in [-0.2, 0) is 4.79 Å². The minimum atomic E-state index is -0.785. The van der Waals surface area contributed by atoms with E-state index in [1.165, 1.54) is 11.1 Å². The van der Waals surface area contributed by atoms with E-state index in [1.54, 1.807) is 0 Å².